The standard InChI is InChI=1S/C11H18N4O4S/c1-13-7-9(10(16)14(2)11(13)17)20(18,19)15-5-3-8(12)4-6-15/h7-8H,3-6,12H2,1-2H3. The van der Waals surface area contributed by atoms with Crippen molar-refractivity contribution in [2.24, 2.45) is 19.8 Å². The molecule has 9 heteroatoms. The Kier molecular flexibility index (Phi) is 3.85. The second-order valence-corrected chi connectivity index (χ2v) is 6.90. The van der Waals surface area contributed by atoms with Gasteiger partial charge >= 0.3 is 5.69 Å². The Bertz CT molecular complexity index is 726. The number of rotatable bonds is 2. The smallest absolute Gasteiger partial charge is 0.328 e. The summed E-state index contributed by atoms with van der Waals surface area (Å²) in [6.45, 7) is 0.574. The van der Waals surface area contributed by atoms with Gasteiger partial charge < -0.3 is 10.3 Å². The third-order valence-electron chi connectivity index (χ3n) is 3.53. The van der Waals surface area contributed by atoms with E-state index >= 15 is 0 Å². The number of nitrogens with zero attached hydrogens (tertiary/aromatic N) is 3. The Morgan fingerprint density at radius 1 is 1.20 bits per heavy atom. The van der Waals surface area contributed by atoms with Gasteiger partial charge in [0.25, 0.3) is 5.56 Å². The molecule has 0 unspecified atom stereocenters. The van der Waals surface area contributed by atoms with Crippen molar-refractivity contribution >= 4 is 10.0 Å². The zero-order chi connectivity index (χ0) is 15.1. The van der Waals surface area contributed by atoms with Crippen LogP contribution in [-0.4, -0.2) is 41.0 Å². The Balaban J connectivity index is 2.51. The fourth-order valence-electron chi connectivity index (χ4n) is 2.21. The molecule has 0 radical (unpaired) electrons. The molecule has 20 heavy (non-hydrogen) atoms. The fraction of sp³-hybridized carbons (Fsp3) is 0.636. The van der Waals surface area contributed by atoms with Crippen LogP contribution in [-0.2, 0) is 24.1 Å². The van der Waals surface area contributed by atoms with Crippen molar-refractivity contribution < 1.29 is 8.42 Å². The van der Waals surface area contributed by atoms with Crippen molar-refractivity contribution in [3.05, 3.63) is 27.0 Å². The molecular weight excluding hydrogens is 284 g/mol. The maximum absolute atomic E-state index is 12.5. The molecule has 1 saturated heterocycles. The summed E-state index contributed by atoms with van der Waals surface area (Å²) >= 11 is 0. The zero-order valence-corrected chi connectivity index (χ0v) is 12.3. The van der Waals surface area contributed by atoms with Crippen molar-refractivity contribution in [1.82, 2.24) is 13.4 Å². The van der Waals surface area contributed by atoms with Crippen LogP contribution in [0.1, 0.15) is 12.8 Å². The molecule has 0 saturated carbocycles. The predicted molar refractivity (Wildman–Crippen MR) is 72.9 cm³/mol. The highest BCUT2D eigenvalue weighted by Gasteiger charge is 2.31. The Morgan fingerprint density at radius 3 is 2.30 bits per heavy atom. The van der Waals surface area contributed by atoms with Gasteiger partial charge in [0.05, 0.1) is 0 Å². The summed E-state index contributed by atoms with van der Waals surface area (Å²) in [4.78, 5) is 23.2. The van der Waals surface area contributed by atoms with Crippen LogP contribution in [0, 0.1) is 0 Å². The van der Waals surface area contributed by atoms with E-state index in [0.29, 0.717) is 12.8 Å². The summed E-state index contributed by atoms with van der Waals surface area (Å²) in [5, 5.41) is 0. The van der Waals surface area contributed by atoms with Crippen molar-refractivity contribution in [3.63, 3.8) is 0 Å². The van der Waals surface area contributed by atoms with Gasteiger partial charge in [0.2, 0.25) is 10.0 Å². The first-order chi connectivity index (χ1) is 9.25. The van der Waals surface area contributed by atoms with Crippen molar-refractivity contribution in [1.29, 1.82) is 0 Å². The van der Waals surface area contributed by atoms with Crippen LogP contribution < -0.4 is 17.0 Å². The molecule has 1 aliphatic rings. The van der Waals surface area contributed by atoms with Gasteiger partial charge in [-0.1, -0.05) is 0 Å². The first-order valence-corrected chi connectivity index (χ1v) is 7.71. The number of hydrogen-bond acceptors (Lipinski definition) is 5. The molecule has 1 aromatic rings. The lowest BCUT2D eigenvalue weighted by atomic mass is 10.1. The van der Waals surface area contributed by atoms with Gasteiger partial charge in [-0.25, -0.2) is 13.2 Å². The summed E-state index contributed by atoms with van der Waals surface area (Å²) in [7, 11) is -1.22. The quantitative estimate of drug-likeness (QED) is 0.693. The number of piperidine rings is 1. The third-order valence-corrected chi connectivity index (χ3v) is 5.41. The molecule has 0 aromatic carbocycles. The van der Waals surface area contributed by atoms with Gasteiger partial charge in [-0.2, -0.15) is 4.31 Å². The summed E-state index contributed by atoms with van der Waals surface area (Å²) in [6, 6.07) is -0.00980. The van der Waals surface area contributed by atoms with Crippen LogP contribution >= 0.6 is 0 Å². The average molecular weight is 302 g/mol. The fourth-order valence-corrected chi connectivity index (χ4v) is 3.83. The third kappa shape index (κ3) is 2.43. The second kappa shape index (κ2) is 5.15. The van der Waals surface area contributed by atoms with E-state index < -0.39 is 21.3 Å². The highest BCUT2D eigenvalue weighted by Crippen LogP contribution is 2.17. The van der Waals surface area contributed by atoms with Gasteiger partial charge in [0.15, 0.2) is 4.90 Å². The monoisotopic (exact) mass is 302 g/mol. The predicted octanol–water partition coefficient (Wildman–Crippen LogP) is -1.80. The van der Waals surface area contributed by atoms with E-state index in [9.17, 15) is 18.0 Å². The van der Waals surface area contributed by atoms with E-state index in [2.05, 4.69) is 0 Å². The van der Waals surface area contributed by atoms with E-state index in [-0.39, 0.29) is 24.0 Å². The minimum Gasteiger partial charge on any atom is -0.328 e. The summed E-state index contributed by atoms with van der Waals surface area (Å²) in [6.07, 6.45) is 2.20. The Hall–Kier alpha value is -1.45. The van der Waals surface area contributed by atoms with E-state index in [1.165, 1.54) is 18.4 Å². The number of nitrogens with two attached hydrogens (primary N) is 1. The molecule has 1 aliphatic heterocycles. The molecule has 0 amide bonds. The molecule has 8 nitrogen and oxygen atoms in total. The van der Waals surface area contributed by atoms with Gasteiger partial charge in [-0.3, -0.25) is 9.36 Å². The lowest BCUT2D eigenvalue weighted by Gasteiger charge is -2.29. The van der Waals surface area contributed by atoms with E-state index in [4.69, 9.17) is 5.73 Å². The largest absolute Gasteiger partial charge is 0.330 e. The van der Waals surface area contributed by atoms with Crippen LogP contribution in [0.5, 0.6) is 0 Å². The molecular formula is C11H18N4O4S. The minimum absolute atomic E-state index is 0.00980. The molecule has 1 aromatic heterocycles. The molecule has 2 heterocycles. The number of hydrogen-bond donors (Lipinski definition) is 1. The zero-order valence-electron chi connectivity index (χ0n) is 11.4. The van der Waals surface area contributed by atoms with Crippen LogP contribution in [0.4, 0.5) is 0 Å². The van der Waals surface area contributed by atoms with Crippen LogP contribution in [0.3, 0.4) is 0 Å². The van der Waals surface area contributed by atoms with Crippen LogP contribution in [0.25, 0.3) is 0 Å². The molecule has 0 aliphatic carbocycles. The maximum atomic E-state index is 12.5. The number of aryl methyl sites for hydroxylation is 1. The minimum atomic E-state index is -3.89. The Labute approximate surface area is 116 Å². The normalized spacial score (nSPS) is 18.4. The second-order valence-electron chi connectivity index (χ2n) is 4.99. The van der Waals surface area contributed by atoms with E-state index in [1.807, 2.05) is 0 Å². The first kappa shape index (κ1) is 14.9. The number of sulfonamides is 1. The highest BCUT2D eigenvalue weighted by atomic mass is 32.2. The molecule has 0 spiro atoms. The van der Waals surface area contributed by atoms with E-state index in [1.54, 1.807) is 0 Å². The summed E-state index contributed by atoms with van der Waals surface area (Å²) < 4.78 is 28.1. The van der Waals surface area contributed by atoms with Gasteiger partial charge in [-0.05, 0) is 12.8 Å². The number of aromatic nitrogens is 2. The van der Waals surface area contributed by atoms with Crippen molar-refractivity contribution in [2.45, 2.75) is 23.8 Å². The summed E-state index contributed by atoms with van der Waals surface area (Å²) in [5.74, 6) is 0. The van der Waals surface area contributed by atoms with Crippen molar-refractivity contribution in [2.75, 3.05) is 13.1 Å². The van der Waals surface area contributed by atoms with Crippen LogP contribution in [0.15, 0.2) is 20.7 Å². The first-order valence-electron chi connectivity index (χ1n) is 6.27. The highest BCUT2D eigenvalue weighted by molar-refractivity contribution is 7.89. The van der Waals surface area contributed by atoms with Gasteiger partial charge in [-0.15, -0.1) is 0 Å². The van der Waals surface area contributed by atoms with Gasteiger partial charge in [0, 0.05) is 39.4 Å². The molecule has 2 N–H and O–H groups in total. The SMILES string of the molecule is Cn1cc(S(=O)(=O)N2CCC(N)CC2)c(=O)n(C)c1=O. The lowest BCUT2D eigenvalue weighted by molar-refractivity contribution is 0.319. The maximum Gasteiger partial charge on any atom is 0.330 e. The molecule has 0 bridgehead atoms. The van der Waals surface area contributed by atoms with Crippen LogP contribution in [0.2, 0.25) is 0 Å². The average Bonchev–Trinajstić information content (AvgIpc) is 2.41. The van der Waals surface area contributed by atoms with E-state index in [0.717, 1.165) is 15.3 Å². The van der Waals surface area contributed by atoms with Crippen molar-refractivity contribution in [3.8, 4) is 0 Å². The van der Waals surface area contributed by atoms with Gasteiger partial charge in [0.1, 0.15) is 0 Å². The topological polar surface area (TPSA) is 107 Å². The molecule has 0 atom stereocenters. The molecule has 1 fully saturated rings. The molecule has 112 valence electrons. The summed E-state index contributed by atoms with van der Waals surface area (Å²) in [5.41, 5.74) is 4.38. The lowest BCUT2D eigenvalue weighted by Crippen LogP contribution is -2.46. The molecule has 2 rings (SSSR count). The Morgan fingerprint density at radius 2 is 1.75 bits per heavy atom.